The largest absolute Gasteiger partial charge is 0.337 e. The van der Waals surface area contributed by atoms with Gasteiger partial charge in [-0.05, 0) is 66.7 Å². The van der Waals surface area contributed by atoms with E-state index in [-0.39, 0.29) is 0 Å². The highest BCUT2D eigenvalue weighted by atomic mass is 15.0. The molecule has 0 amide bonds. The predicted octanol–water partition coefficient (Wildman–Crippen LogP) is 3.44. The minimum absolute atomic E-state index is 0.666. The van der Waals surface area contributed by atoms with Crippen LogP contribution in [0, 0.1) is 17.2 Å². The minimum atomic E-state index is 0.666. The number of benzene rings is 1. The van der Waals surface area contributed by atoms with Crippen LogP contribution in [0.4, 0.5) is 0 Å². The molecule has 3 nitrogen and oxygen atoms in total. The number of hydrogen-bond donors (Lipinski definition) is 0. The lowest BCUT2D eigenvalue weighted by Crippen LogP contribution is -2.26. The third-order valence-corrected chi connectivity index (χ3v) is 5.11. The Morgan fingerprint density at radius 1 is 1.38 bits per heavy atom. The lowest BCUT2D eigenvalue weighted by atomic mass is 9.69. The molecule has 0 saturated heterocycles. The molecule has 0 N–H and O–H groups in total. The van der Waals surface area contributed by atoms with Crippen LogP contribution in [-0.2, 0) is 19.4 Å². The average Bonchev–Trinajstić information content (AvgIpc) is 3.01. The summed E-state index contributed by atoms with van der Waals surface area (Å²) in [6.07, 6.45) is 11.8. The van der Waals surface area contributed by atoms with Crippen molar-refractivity contribution in [2.75, 3.05) is 0 Å². The molecule has 2 aromatic rings. The van der Waals surface area contributed by atoms with E-state index in [0.717, 1.165) is 24.9 Å². The van der Waals surface area contributed by atoms with Crippen molar-refractivity contribution in [1.29, 1.82) is 5.26 Å². The standard InChI is InChI=1S/C18H19N3/c19-10-16-5-4-15-9-13(11-21-7-6-20-12-21)8-14-2-1-3-17(16)18(14)15/h4-7,12-14H,1-3,8-9,11H2/t13-,14-/m0/s1. The molecular formula is C18H19N3. The second-order valence-electron chi connectivity index (χ2n) is 6.43. The SMILES string of the molecule is N#Cc1ccc2c3c1CCC[C@H]3C[C@H](Cn1ccnc1)C2. The van der Waals surface area contributed by atoms with Gasteiger partial charge < -0.3 is 4.57 Å². The van der Waals surface area contributed by atoms with Crippen LogP contribution < -0.4 is 0 Å². The summed E-state index contributed by atoms with van der Waals surface area (Å²) in [4.78, 5) is 4.15. The third kappa shape index (κ3) is 2.15. The zero-order valence-electron chi connectivity index (χ0n) is 12.1. The molecule has 1 heterocycles. The van der Waals surface area contributed by atoms with Gasteiger partial charge in [0.05, 0.1) is 18.0 Å². The molecule has 21 heavy (non-hydrogen) atoms. The number of hydrogen-bond acceptors (Lipinski definition) is 2. The fourth-order valence-corrected chi connectivity index (χ4v) is 4.31. The summed E-state index contributed by atoms with van der Waals surface area (Å²) in [5, 5.41) is 9.32. The number of aromatic nitrogens is 2. The maximum Gasteiger partial charge on any atom is 0.0994 e. The normalized spacial score (nSPS) is 23.4. The zero-order chi connectivity index (χ0) is 14.2. The summed E-state index contributed by atoms with van der Waals surface area (Å²) in [5.74, 6) is 1.36. The Morgan fingerprint density at radius 2 is 2.33 bits per heavy atom. The van der Waals surface area contributed by atoms with Crippen molar-refractivity contribution < 1.29 is 0 Å². The number of nitriles is 1. The molecular weight excluding hydrogens is 258 g/mol. The molecule has 4 rings (SSSR count). The van der Waals surface area contributed by atoms with E-state index in [2.05, 4.69) is 27.9 Å². The number of nitrogens with zero attached hydrogens (tertiary/aromatic N) is 3. The molecule has 0 bridgehead atoms. The molecule has 0 radical (unpaired) electrons. The lowest BCUT2D eigenvalue weighted by Gasteiger charge is -2.36. The van der Waals surface area contributed by atoms with Crippen LogP contribution in [0.2, 0.25) is 0 Å². The molecule has 2 atom stereocenters. The van der Waals surface area contributed by atoms with E-state index in [1.807, 2.05) is 18.6 Å². The Hall–Kier alpha value is -2.08. The van der Waals surface area contributed by atoms with Gasteiger partial charge in [0.25, 0.3) is 0 Å². The van der Waals surface area contributed by atoms with Gasteiger partial charge in [-0.15, -0.1) is 0 Å². The molecule has 0 unspecified atom stereocenters. The fraction of sp³-hybridized carbons (Fsp3) is 0.444. The second kappa shape index (κ2) is 5.04. The van der Waals surface area contributed by atoms with E-state index >= 15 is 0 Å². The number of imidazole rings is 1. The van der Waals surface area contributed by atoms with Crippen LogP contribution in [0.3, 0.4) is 0 Å². The van der Waals surface area contributed by atoms with E-state index in [4.69, 9.17) is 0 Å². The molecule has 1 aromatic carbocycles. The lowest BCUT2D eigenvalue weighted by molar-refractivity contribution is 0.334. The van der Waals surface area contributed by atoms with Crippen LogP contribution in [0.5, 0.6) is 0 Å². The van der Waals surface area contributed by atoms with Gasteiger partial charge in [0, 0.05) is 18.9 Å². The van der Waals surface area contributed by atoms with E-state index < -0.39 is 0 Å². The van der Waals surface area contributed by atoms with Gasteiger partial charge in [-0.25, -0.2) is 4.98 Å². The Labute approximate surface area is 125 Å². The fourth-order valence-electron chi connectivity index (χ4n) is 4.31. The van der Waals surface area contributed by atoms with E-state index in [1.54, 1.807) is 0 Å². The van der Waals surface area contributed by atoms with Gasteiger partial charge in [-0.1, -0.05) is 6.07 Å². The van der Waals surface area contributed by atoms with Crippen LogP contribution >= 0.6 is 0 Å². The molecule has 1 aromatic heterocycles. The van der Waals surface area contributed by atoms with Gasteiger partial charge in [0.15, 0.2) is 0 Å². The summed E-state index contributed by atoms with van der Waals surface area (Å²) in [5.41, 5.74) is 5.28. The Bertz CT molecular complexity index is 694. The van der Waals surface area contributed by atoms with Crippen molar-refractivity contribution in [3.63, 3.8) is 0 Å². The van der Waals surface area contributed by atoms with Gasteiger partial charge in [0.1, 0.15) is 0 Å². The first-order valence-corrected chi connectivity index (χ1v) is 7.85. The topological polar surface area (TPSA) is 41.6 Å². The van der Waals surface area contributed by atoms with E-state index in [1.165, 1.54) is 36.0 Å². The smallest absolute Gasteiger partial charge is 0.0994 e. The third-order valence-electron chi connectivity index (χ3n) is 5.11. The first-order chi connectivity index (χ1) is 10.3. The maximum absolute atomic E-state index is 9.32. The quantitative estimate of drug-likeness (QED) is 0.843. The Kier molecular flexibility index (Phi) is 3.03. The van der Waals surface area contributed by atoms with Gasteiger partial charge >= 0.3 is 0 Å². The maximum atomic E-state index is 9.32. The van der Waals surface area contributed by atoms with Crippen molar-refractivity contribution in [1.82, 2.24) is 9.55 Å². The highest BCUT2D eigenvalue weighted by Gasteiger charge is 2.32. The van der Waals surface area contributed by atoms with Gasteiger partial charge in [0.2, 0.25) is 0 Å². The summed E-state index contributed by atoms with van der Waals surface area (Å²) >= 11 is 0. The molecule has 0 fully saturated rings. The second-order valence-corrected chi connectivity index (χ2v) is 6.43. The summed E-state index contributed by atoms with van der Waals surface area (Å²) in [7, 11) is 0. The monoisotopic (exact) mass is 277 g/mol. The molecule has 2 aliphatic rings. The van der Waals surface area contributed by atoms with Gasteiger partial charge in [-0.3, -0.25) is 0 Å². The molecule has 0 saturated carbocycles. The summed E-state index contributed by atoms with van der Waals surface area (Å²) in [6.45, 7) is 1.06. The molecule has 106 valence electrons. The van der Waals surface area contributed by atoms with Crippen molar-refractivity contribution >= 4 is 0 Å². The molecule has 3 heteroatoms. The molecule has 0 spiro atoms. The minimum Gasteiger partial charge on any atom is -0.337 e. The van der Waals surface area contributed by atoms with Crippen molar-refractivity contribution in [3.8, 4) is 6.07 Å². The van der Waals surface area contributed by atoms with Crippen LogP contribution in [0.15, 0.2) is 30.9 Å². The molecule has 2 aliphatic carbocycles. The molecule has 0 aliphatic heterocycles. The highest BCUT2D eigenvalue weighted by molar-refractivity contribution is 5.50. The van der Waals surface area contributed by atoms with Crippen molar-refractivity contribution in [2.45, 2.75) is 44.6 Å². The van der Waals surface area contributed by atoms with Crippen molar-refractivity contribution in [3.05, 3.63) is 53.1 Å². The van der Waals surface area contributed by atoms with Gasteiger partial charge in [-0.2, -0.15) is 5.26 Å². The van der Waals surface area contributed by atoms with Crippen molar-refractivity contribution in [2.24, 2.45) is 5.92 Å². The van der Waals surface area contributed by atoms with Crippen LogP contribution in [0.25, 0.3) is 0 Å². The summed E-state index contributed by atoms with van der Waals surface area (Å²) < 4.78 is 2.20. The Balaban J connectivity index is 1.68. The first kappa shape index (κ1) is 12.6. The zero-order valence-corrected chi connectivity index (χ0v) is 12.1. The van der Waals surface area contributed by atoms with Crippen LogP contribution in [-0.4, -0.2) is 9.55 Å². The van der Waals surface area contributed by atoms with Crippen LogP contribution in [0.1, 0.15) is 47.4 Å². The summed E-state index contributed by atoms with van der Waals surface area (Å²) in [6, 6.07) is 6.63. The van der Waals surface area contributed by atoms with E-state index in [9.17, 15) is 5.26 Å². The average molecular weight is 277 g/mol. The van der Waals surface area contributed by atoms with E-state index in [0.29, 0.717) is 11.8 Å². The Morgan fingerprint density at radius 3 is 3.14 bits per heavy atom. The number of rotatable bonds is 2. The predicted molar refractivity (Wildman–Crippen MR) is 80.9 cm³/mol. The highest BCUT2D eigenvalue weighted by Crippen LogP contribution is 2.44. The first-order valence-electron chi connectivity index (χ1n) is 7.85.